The number of carboxylic acid groups (broad SMARTS) is 1. The molecule has 3 unspecified atom stereocenters. The number of fused-ring (bicyclic) bond motifs is 7. The predicted molar refractivity (Wildman–Crippen MR) is 198 cm³/mol. The van der Waals surface area contributed by atoms with E-state index in [-0.39, 0.29) is 45.0 Å². The van der Waals surface area contributed by atoms with Crippen molar-refractivity contribution < 1.29 is 64.6 Å². The van der Waals surface area contributed by atoms with Gasteiger partial charge in [-0.05, 0) is 109 Å². The highest BCUT2D eigenvalue weighted by Gasteiger charge is 2.69. The molecular formula is C42H68O13. The molecule has 7 aliphatic rings. The third kappa shape index (κ3) is 6.23. The second-order valence-corrected chi connectivity index (χ2v) is 20.7. The molecule has 0 spiro atoms. The lowest BCUT2D eigenvalue weighted by Gasteiger charge is -2.71. The maximum absolute atomic E-state index is 13.0. The molecule has 4 saturated carbocycles. The molecule has 8 N–H and O–H groups in total. The zero-order chi connectivity index (χ0) is 40.3. The van der Waals surface area contributed by atoms with E-state index < -0.39 is 86.0 Å². The summed E-state index contributed by atoms with van der Waals surface area (Å²) in [5.41, 5.74) is 0.283. The first kappa shape index (κ1) is 41.9. The zero-order valence-electron chi connectivity index (χ0n) is 33.8. The molecule has 13 nitrogen and oxygen atoms in total. The number of aliphatic hydroxyl groups excluding tert-OH is 7. The lowest BCUT2D eigenvalue weighted by molar-refractivity contribution is -0.369. The first-order valence-corrected chi connectivity index (χ1v) is 20.8. The van der Waals surface area contributed by atoms with E-state index in [1.54, 1.807) is 0 Å². The monoisotopic (exact) mass is 780 g/mol. The molecule has 5 aliphatic carbocycles. The third-order valence-corrected chi connectivity index (χ3v) is 17.3. The molecule has 7 rings (SSSR count). The molecule has 2 saturated heterocycles. The van der Waals surface area contributed by atoms with Crippen LogP contribution in [0.5, 0.6) is 0 Å². The summed E-state index contributed by atoms with van der Waals surface area (Å²) in [4.78, 5) is 13.0. The van der Waals surface area contributed by atoms with Crippen molar-refractivity contribution in [2.75, 3.05) is 13.2 Å². The Hall–Kier alpha value is -1.23. The second kappa shape index (κ2) is 14.2. The van der Waals surface area contributed by atoms with Crippen molar-refractivity contribution in [1.29, 1.82) is 0 Å². The maximum atomic E-state index is 13.0. The molecule has 0 aromatic carbocycles. The Kier molecular flexibility index (Phi) is 10.8. The van der Waals surface area contributed by atoms with E-state index in [4.69, 9.17) is 18.9 Å². The van der Waals surface area contributed by atoms with Gasteiger partial charge in [0.1, 0.15) is 48.8 Å². The fraction of sp³-hybridized carbons (Fsp3) is 0.929. The normalized spacial score (nSPS) is 53.2. The fourth-order valence-electron chi connectivity index (χ4n) is 13.7. The van der Waals surface area contributed by atoms with Crippen LogP contribution in [0.4, 0.5) is 0 Å². The van der Waals surface area contributed by atoms with Gasteiger partial charge in [-0.25, -0.2) is 0 Å². The molecular weight excluding hydrogens is 712 g/mol. The summed E-state index contributed by atoms with van der Waals surface area (Å²) < 4.78 is 24.0. The summed E-state index contributed by atoms with van der Waals surface area (Å²) in [5, 5.41) is 84.4. The van der Waals surface area contributed by atoms with Crippen molar-refractivity contribution in [3.05, 3.63) is 11.6 Å². The fourth-order valence-corrected chi connectivity index (χ4v) is 13.7. The molecule has 0 amide bonds. The van der Waals surface area contributed by atoms with Crippen molar-refractivity contribution in [1.82, 2.24) is 0 Å². The Morgan fingerprint density at radius 3 is 1.98 bits per heavy atom. The number of carboxylic acids is 1. The van der Waals surface area contributed by atoms with Crippen LogP contribution in [0.15, 0.2) is 11.6 Å². The van der Waals surface area contributed by atoms with E-state index in [9.17, 15) is 45.6 Å². The number of rotatable bonds is 7. The van der Waals surface area contributed by atoms with Gasteiger partial charge >= 0.3 is 5.97 Å². The van der Waals surface area contributed by atoms with Crippen LogP contribution >= 0.6 is 0 Å². The van der Waals surface area contributed by atoms with Gasteiger partial charge in [0.15, 0.2) is 12.6 Å². The van der Waals surface area contributed by atoms with Gasteiger partial charge in [0.25, 0.3) is 0 Å². The van der Waals surface area contributed by atoms with E-state index in [0.717, 1.165) is 57.8 Å². The Morgan fingerprint density at radius 1 is 0.727 bits per heavy atom. The Balaban J connectivity index is 1.12. The number of hydrogen-bond acceptors (Lipinski definition) is 12. The highest BCUT2D eigenvalue weighted by Crippen LogP contribution is 2.76. The quantitative estimate of drug-likeness (QED) is 0.138. The summed E-state index contributed by atoms with van der Waals surface area (Å²) in [6.45, 7) is 15.1. The third-order valence-electron chi connectivity index (χ3n) is 17.3. The minimum atomic E-state index is -1.75. The second-order valence-electron chi connectivity index (χ2n) is 20.7. The molecule has 55 heavy (non-hydrogen) atoms. The van der Waals surface area contributed by atoms with Gasteiger partial charge in [-0.2, -0.15) is 0 Å². The smallest absolute Gasteiger partial charge is 0.310 e. The standard InChI is InChI=1S/C42H68O13/c1-37(2)14-16-42(36(50)51)17-15-40(6)21(22(42)18-37)8-9-26-39(5)12-11-27(38(3,4)25(39)10-13-41(26,40)7)54-35-32(49)33(29(46)24(20-44)53-35)55-34-31(48)30(47)28(45)23(19-43)52-34/h8,22-35,43-49H,9-20H2,1-7H3,(H,50,51)/t22-,23+,24+,25?,26?,27-,28+,29+,30+,31+,32+,33+,34-,35-,39-,40?,41+,42-/m0/s1. The van der Waals surface area contributed by atoms with Crippen LogP contribution in [0.3, 0.4) is 0 Å². The van der Waals surface area contributed by atoms with E-state index in [1.165, 1.54) is 5.57 Å². The van der Waals surface area contributed by atoms with Crippen LogP contribution in [0.2, 0.25) is 0 Å². The molecule has 6 fully saturated rings. The molecule has 2 heterocycles. The van der Waals surface area contributed by atoms with Gasteiger partial charge < -0.3 is 59.8 Å². The van der Waals surface area contributed by atoms with Gasteiger partial charge in [0, 0.05) is 0 Å². The summed E-state index contributed by atoms with van der Waals surface area (Å²) in [6, 6.07) is 0. The van der Waals surface area contributed by atoms with Crippen molar-refractivity contribution in [3.8, 4) is 0 Å². The predicted octanol–water partition coefficient (Wildman–Crippen LogP) is 2.88. The maximum Gasteiger partial charge on any atom is 0.310 e. The van der Waals surface area contributed by atoms with Crippen LogP contribution in [-0.2, 0) is 23.7 Å². The van der Waals surface area contributed by atoms with Crippen LogP contribution in [0.25, 0.3) is 0 Å². The Labute approximate surface area is 325 Å². The number of aliphatic carboxylic acids is 1. The van der Waals surface area contributed by atoms with Crippen LogP contribution in [0, 0.1) is 50.2 Å². The van der Waals surface area contributed by atoms with Crippen molar-refractivity contribution in [2.45, 2.75) is 180 Å². The summed E-state index contributed by atoms with van der Waals surface area (Å²) >= 11 is 0. The molecule has 13 heteroatoms. The van der Waals surface area contributed by atoms with Crippen molar-refractivity contribution >= 4 is 5.97 Å². The van der Waals surface area contributed by atoms with Gasteiger partial charge in [-0.1, -0.05) is 60.1 Å². The molecule has 0 radical (unpaired) electrons. The van der Waals surface area contributed by atoms with Gasteiger partial charge in [0.2, 0.25) is 0 Å². The zero-order valence-corrected chi connectivity index (χ0v) is 33.8. The minimum absolute atomic E-state index is 0.0134. The SMILES string of the molecule is CC1(C)CC[C@]2(C(=O)O)CCC3(C)C(=CCC4[C@@]5(C)CC[C@H](O[C@@H]6O[C@H](CO)[C@@H](O)[C@@H](O[C@@H]7O[C@H](CO)[C@@H](O)[C@@H](O)[C@H]7O)[C@H]6O)C(C)(C)C5CC[C@]43C)[C@@H]2C1. The lowest BCUT2D eigenvalue weighted by atomic mass is 9.33. The van der Waals surface area contributed by atoms with Gasteiger partial charge in [-0.15, -0.1) is 0 Å². The van der Waals surface area contributed by atoms with E-state index in [1.807, 2.05) is 0 Å². The number of hydrogen-bond donors (Lipinski definition) is 8. The van der Waals surface area contributed by atoms with Crippen LogP contribution in [-0.4, -0.2) is 128 Å². The molecule has 18 atom stereocenters. The highest BCUT2D eigenvalue weighted by atomic mass is 16.7. The Bertz CT molecular complexity index is 1480. The van der Waals surface area contributed by atoms with E-state index in [0.29, 0.717) is 12.3 Å². The topological polar surface area (TPSA) is 216 Å². The van der Waals surface area contributed by atoms with Crippen molar-refractivity contribution in [3.63, 3.8) is 0 Å². The van der Waals surface area contributed by atoms with Crippen LogP contribution in [0.1, 0.15) is 113 Å². The summed E-state index contributed by atoms with van der Waals surface area (Å²) in [6.07, 6.45) is -4.35. The number of carbonyl (C=O) groups is 1. The average Bonchev–Trinajstić information content (AvgIpc) is 3.12. The average molecular weight is 781 g/mol. The summed E-state index contributed by atoms with van der Waals surface area (Å²) in [5.74, 6) is 0.0564. The minimum Gasteiger partial charge on any atom is -0.481 e. The first-order valence-electron chi connectivity index (χ1n) is 20.8. The van der Waals surface area contributed by atoms with Gasteiger partial charge in [-0.3, -0.25) is 4.79 Å². The molecule has 2 aliphatic heterocycles. The van der Waals surface area contributed by atoms with Gasteiger partial charge in [0.05, 0.1) is 24.7 Å². The molecule has 314 valence electrons. The Morgan fingerprint density at radius 2 is 1.35 bits per heavy atom. The van der Waals surface area contributed by atoms with Crippen molar-refractivity contribution in [2.24, 2.45) is 50.2 Å². The number of aliphatic hydroxyl groups is 7. The molecule has 0 aromatic heterocycles. The number of allylic oxidation sites excluding steroid dienone is 2. The van der Waals surface area contributed by atoms with E-state index >= 15 is 0 Å². The first-order chi connectivity index (χ1) is 25.6. The van der Waals surface area contributed by atoms with Crippen LogP contribution < -0.4 is 0 Å². The lowest BCUT2D eigenvalue weighted by Crippen LogP contribution is -2.67. The molecule has 0 aromatic rings. The number of ether oxygens (including phenoxy) is 4. The largest absolute Gasteiger partial charge is 0.481 e. The highest BCUT2D eigenvalue weighted by molar-refractivity contribution is 5.76. The van der Waals surface area contributed by atoms with E-state index in [2.05, 4.69) is 54.5 Å². The molecule has 0 bridgehead atoms. The summed E-state index contributed by atoms with van der Waals surface area (Å²) in [7, 11) is 0.